The van der Waals surface area contributed by atoms with Crippen LogP contribution in [0.15, 0.2) is 6.20 Å². The first-order valence-corrected chi connectivity index (χ1v) is 10.4. The molecule has 0 spiro atoms. The Hall–Kier alpha value is -0.960. The number of hydrogen-bond donors (Lipinski definition) is 2. The summed E-state index contributed by atoms with van der Waals surface area (Å²) in [5.41, 5.74) is 1.47. The van der Waals surface area contributed by atoms with Gasteiger partial charge in [-0.2, -0.15) is 4.89 Å². The highest BCUT2D eigenvalue weighted by Gasteiger charge is 2.17. The zero-order chi connectivity index (χ0) is 17.4. The second kappa shape index (κ2) is 10.1. The number of carbonyl (C=O) groups excluding carboxylic acids is 1. The summed E-state index contributed by atoms with van der Waals surface area (Å²) in [6.45, 7) is 1.36. The second-order valence-corrected chi connectivity index (χ2v) is 8.50. The molecule has 0 aromatic carbocycles. The van der Waals surface area contributed by atoms with Crippen molar-refractivity contribution in [2.75, 3.05) is 5.75 Å². The molecule has 1 aromatic rings. The highest BCUT2D eigenvalue weighted by atomic mass is 33.1. The molecular formula is C16H24NO5S2+. The zero-order valence-electron chi connectivity index (χ0n) is 13.7. The van der Waals surface area contributed by atoms with E-state index in [-0.39, 0.29) is 19.0 Å². The van der Waals surface area contributed by atoms with Gasteiger partial charge in [0, 0.05) is 29.9 Å². The predicted molar refractivity (Wildman–Crippen MR) is 93.1 cm³/mol. The fraction of sp³-hybridized carbons (Fsp3) is 0.625. The lowest BCUT2D eigenvalue weighted by Crippen LogP contribution is -2.13. The van der Waals surface area contributed by atoms with Crippen LogP contribution in [-0.2, 0) is 27.8 Å². The number of nitrogens with one attached hydrogen (secondary N) is 1. The standard InChI is InChI=1S/C16H23NO5S2/c1-11-16(20)14(9-18)12(8-17-11)10-21-22-15(19)5-3-2-4-13-6-7-23-24-13/h8,13,18,20H,2-7,9-10H2,1H3/p+1/t13-/m1/s1. The van der Waals surface area contributed by atoms with E-state index >= 15 is 0 Å². The molecule has 0 bridgehead atoms. The predicted octanol–water partition coefficient (Wildman–Crippen LogP) is 2.70. The normalized spacial score (nSPS) is 17.2. The number of aromatic hydroxyl groups is 1. The van der Waals surface area contributed by atoms with E-state index in [2.05, 4.69) is 4.98 Å². The number of aliphatic hydroxyl groups is 1. The summed E-state index contributed by atoms with van der Waals surface area (Å²) >= 11 is 0. The minimum atomic E-state index is -0.394. The molecule has 0 radical (unpaired) electrons. The van der Waals surface area contributed by atoms with Gasteiger partial charge in [-0.3, -0.25) is 4.89 Å². The lowest BCUT2D eigenvalue weighted by atomic mass is 10.1. The zero-order valence-corrected chi connectivity index (χ0v) is 15.4. The minimum absolute atomic E-state index is 0.00660. The SMILES string of the molecule is Cc1[nH+]cc(COOC(=O)CCCC[C@@H]2CCSS2)c(CO)c1O. The van der Waals surface area contributed by atoms with E-state index in [9.17, 15) is 15.0 Å². The van der Waals surface area contributed by atoms with Crippen LogP contribution in [0.3, 0.4) is 0 Å². The Bertz CT molecular complexity index is 550. The van der Waals surface area contributed by atoms with Gasteiger partial charge < -0.3 is 10.2 Å². The van der Waals surface area contributed by atoms with Gasteiger partial charge in [-0.25, -0.2) is 9.78 Å². The topological polar surface area (TPSA) is 90.1 Å². The summed E-state index contributed by atoms with van der Waals surface area (Å²) in [4.78, 5) is 24.2. The molecule has 0 amide bonds. The Morgan fingerprint density at radius 2 is 2.29 bits per heavy atom. The number of hydrogen-bond acceptors (Lipinski definition) is 7. The van der Waals surface area contributed by atoms with E-state index in [4.69, 9.17) is 9.78 Å². The van der Waals surface area contributed by atoms with Crippen molar-refractivity contribution in [3.8, 4) is 5.75 Å². The maximum absolute atomic E-state index is 11.6. The largest absolute Gasteiger partial charge is 0.502 e. The van der Waals surface area contributed by atoms with E-state index in [1.165, 1.54) is 12.2 Å². The molecule has 2 heterocycles. The van der Waals surface area contributed by atoms with Gasteiger partial charge in [-0.05, 0) is 19.3 Å². The molecule has 1 aliphatic heterocycles. The average molecular weight is 375 g/mol. The number of aromatic amines is 1. The Morgan fingerprint density at radius 1 is 1.46 bits per heavy atom. The van der Waals surface area contributed by atoms with Crippen molar-refractivity contribution < 1.29 is 29.8 Å². The Kier molecular flexibility index (Phi) is 8.17. The molecule has 3 N–H and O–H groups in total. The van der Waals surface area contributed by atoms with Gasteiger partial charge in [-0.1, -0.05) is 28.0 Å². The van der Waals surface area contributed by atoms with Crippen LogP contribution < -0.4 is 4.98 Å². The minimum Gasteiger partial charge on any atom is -0.502 e. The van der Waals surface area contributed by atoms with E-state index in [1.807, 2.05) is 21.6 Å². The van der Waals surface area contributed by atoms with Crippen molar-refractivity contribution in [1.29, 1.82) is 0 Å². The van der Waals surface area contributed by atoms with Gasteiger partial charge >= 0.3 is 5.97 Å². The lowest BCUT2D eigenvalue weighted by molar-refractivity contribution is -0.390. The number of unbranched alkanes of at least 4 members (excludes halogenated alkanes) is 1. The molecule has 6 nitrogen and oxygen atoms in total. The number of aryl methyl sites for hydroxylation is 1. The van der Waals surface area contributed by atoms with Crippen LogP contribution in [0.2, 0.25) is 0 Å². The summed E-state index contributed by atoms with van der Waals surface area (Å²) in [6.07, 6.45) is 6.17. The number of aromatic nitrogens is 1. The fourth-order valence-corrected chi connectivity index (χ4v) is 5.47. The lowest BCUT2D eigenvalue weighted by Gasteiger charge is -2.08. The van der Waals surface area contributed by atoms with E-state index < -0.39 is 5.97 Å². The number of H-pyrrole nitrogens is 1. The van der Waals surface area contributed by atoms with Crippen molar-refractivity contribution in [1.82, 2.24) is 0 Å². The Labute approximate surface area is 149 Å². The molecule has 24 heavy (non-hydrogen) atoms. The molecule has 1 atom stereocenters. The van der Waals surface area contributed by atoms with Crippen molar-refractivity contribution in [3.05, 3.63) is 23.0 Å². The third-order valence-electron chi connectivity index (χ3n) is 3.90. The van der Waals surface area contributed by atoms with Crippen LogP contribution in [0.4, 0.5) is 0 Å². The van der Waals surface area contributed by atoms with Crippen LogP contribution >= 0.6 is 21.6 Å². The molecule has 134 valence electrons. The average Bonchev–Trinajstić information content (AvgIpc) is 3.08. The monoisotopic (exact) mass is 374 g/mol. The summed E-state index contributed by atoms with van der Waals surface area (Å²) in [5.74, 6) is 0.828. The molecule has 1 aromatic heterocycles. The molecule has 0 unspecified atom stereocenters. The quantitative estimate of drug-likeness (QED) is 0.297. The van der Waals surface area contributed by atoms with Crippen LogP contribution in [0.5, 0.6) is 5.75 Å². The molecule has 2 rings (SSSR count). The summed E-state index contributed by atoms with van der Waals surface area (Å²) < 4.78 is 0. The van der Waals surface area contributed by atoms with E-state index in [0.717, 1.165) is 24.5 Å². The van der Waals surface area contributed by atoms with Crippen LogP contribution in [0.25, 0.3) is 0 Å². The smallest absolute Gasteiger partial charge is 0.342 e. The molecule has 8 heteroatoms. The molecule has 1 saturated heterocycles. The molecule has 0 aliphatic carbocycles. The van der Waals surface area contributed by atoms with E-state index in [1.54, 1.807) is 13.1 Å². The maximum Gasteiger partial charge on any atom is 0.342 e. The van der Waals surface area contributed by atoms with Crippen LogP contribution in [0.1, 0.15) is 48.9 Å². The highest BCUT2D eigenvalue weighted by molar-refractivity contribution is 8.77. The van der Waals surface area contributed by atoms with Gasteiger partial charge in [0.05, 0.1) is 12.2 Å². The molecule has 0 saturated carbocycles. The third-order valence-corrected chi connectivity index (χ3v) is 6.91. The number of aliphatic hydroxyl groups excluding tert-OH is 1. The third kappa shape index (κ3) is 5.84. The van der Waals surface area contributed by atoms with Gasteiger partial charge in [0.25, 0.3) is 0 Å². The van der Waals surface area contributed by atoms with Gasteiger partial charge in [-0.15, -0.1) is 0 Å². The Balaban J connectivity index is 1.64. The van der Waals surface area contributed by atoms with Crippen LogP contribution in [0, 0.1) is 6.92 Å². The van der Waals surface area contributed by atoms with E-state index in [0.29, 0.717) is 23.2 Å². The molecule has 1 aliphatic rings. The van der Waals surface area contributed by atoms with Crippen molar-refractivity contribution >= 4 is 27.6 Å². The van der Waals surface area contributed by atoms with Gasteiger partial charge in [0.15, 0.2) is 11.9 Å². The van der Waals surface area contributed by atoms with Gasteiger partial charge in [0.1, 0.15) is 6.61 Å². The second-order valence-electron chi connectivity index (χ2n) is 5.72. The van der Waals surface area contributed by atoms with Crippen molar-refractivity contribution in [2.45, 2.75) is 57.5 Å². The van der Waals surface area contributed by atoms with Gasteiger partial charge in [0.2, 0.25) is 5.69 Å². The number of carbonyl (C=O) groups is 1. The van der Waals surface area contributed by atoms with Crippen LogP contribution in [-0.4, -0.2) is 27.2 Å². The molecule has 1 fully saturated rings. The Morgan fingerprint density at radius 3 is 3.00 bits per heavy atom. The summed E-state index contributed by atoms with van der Waals surface area (Å²) in [5, 5.41) is 19.9. The highest BCUT2D eigenvalue weighted by Crippen LogP contribution is 2.39. The van der Waals surface area contributed by atoms with Crippen molar-refractivity contribution in [2.24, 2.45) is 0 Å². The summed E-state index contributed by atoms with van der Waals surface area (Å²) in [7, 11) is 3.88. The first kappa shape index (κ1) is 19.4. The fourth-order valence-electron chi connectivity index (χ4n) is 2.44. The number of rotatable bonds is 9. The first-order valence-electron chi connectivity index (χ1n) is 8.05. The number of pyridine rings is 1. The molecular weight excluding hydrogens is 350 g/mol. The maximum atomic E-state index is 11.6. The van der Waals surface area contributed by atoms with Crippen molar-refractivity contribution in [3.63, 3.8) is 0 Å². The first-order chi connectivity index (χ1) is 11.6. The summed E-state index contributed by atoms with van der Waals surface area (Å²) in [6, 6.07) is 0.